The van der Waals surface area contributed by atoms with Gasteiger partial charge in [-0.15, -0.1) is 0 Å². The van der Waals surface area contributed by atoms with Gasteiger partial charge in [0.05, 0.1) is 17.1 Å². The molecule has 2 saturated heterocycles. The van der Waals surface area contributed by atoms with Gasteiger partial charge in [0.1, 0.15) is 6.10 Å². The van der Waals surface area contributed by atoms with Crippen LogP contribution in [0.5, 0.6) is 6.01 Å². The molecule has 0 aliphatic carbocycles. The number of imide groups is 1. The second kappa shape index (κ2) is 8.71. The fraction of sp³-hybridized carbons (Fsp3) is 0.400. The second-order valence-electron chi connectivity index (χ2n) is 7.58. The van der Waals surface area contributed by atoms with Crippen LogP contribution in [-0.2, 0) is 25.8 Å². The molecule has 2 aliphatic rings. The van der Waals surface area contributed by atoms with E-state index < -0.39 is 34.0 Å². The van der Waals surface area contributed by atoms with E-state index in [2.05, 4.69) is 9.97 Å². The molecule has 0 radical (unpaired) electrons. The summed E-state index contributed by atoms with van der Waals surface area (Å²) in [6.45, 7) is 0.114. The maximum atomic E-state index is 13.1. The van der Waals surface area contributed by atoms with Crippen molar-refractivity contribution >= 4 is 27.5 Å². The van der Waals surface area contributed by atoms with E-state index in [0.29, 0.717) is 18.5 Å². The van der Waals surface area contributed by atoms with Crippen molar-refractivity contribution in [3.63, 3.8) is 0 Å². The third-order valence-corrected chi connectivity index (χ3v) is 7.20. The van der Waals surface area contributed by atoms with E-state index in [9.17, 15) is 31.2 Å². The lowest BCUT2D eigenvalue weighted by Crippen LogP contribution is -2.44. The molecule has 0 saturated carbocycles. The molecule has 4 rings (SSSR count). The highest BCUT2D eigenvalue weighted by Crippen LogP contribution is 2.29. The van der Waals surface area contributed by atoms with E-state index in [1.54, 1.807) is 0 Å². The first-order valence-corrected chi connectivity index (χ1v) is 11.5. The Hall–Kier alpha value is -3.06. The quantitative estimate of drug-likeness (QED) is 0.600. The molecular weight excluding hydrogens is 465 g/mol. The molecule has 2 amide bonds. The summed E-state index contributed by atoms with van der Waals surface area (Å²) in [6.07, 6.45) is -3.37. The van der Waals surface area contributed by atoms with Crippen molar-refractivity contribution < 1.29 is 35.9 Å². The number of anilines is 1. The lowest BCUT2D eigenvalue weighted by Gasteiger charge is -2.31. The number of aromatic nitrogens is 2. The van der Waals surface area contributed by atoms with Crippen molar-refractivity contribution in [2.45, 2.75) is 42.9 Å². The Labute approximate surface area is 187 Å². The summed E-state index contributed by atoms with van der Waals surface area (Å²) < 4.78 is 71.3. The molecule has 1 aromatic carbocycles. The van der Waals surface area contributed by atoms with E-state index >= 15 is 0 Å². The van der Waals surface area contributed by atoms with Gasteiger partial charge in [0.25, 0.3) is 0 Å². The number of sulfonamides is 1. The Morgan fingerprint density at radius 2 is 1.70 bits per heavy atom. The Kier molecular flexibility index (Phi) is 6.10. The summed E-state index contributed by atoms with van der Waals surface area (Å²) >= 11 is 0. The number of halogens is 3. The summed E-state index contributed by atoms with van der Waals surface area (Å²) in [5, 5.41) is 0. The number of rotatable bonds is 5. The van der Waals surface area contributed by atoms with Crippen molar-refractivity contribution in [1.29, 1.82) is 0 Å². The zero-order valence-corrected chi connectivity index (χ0v) is 18.0. The highest BCUT2D eigenvalue weighted by atomic mass is 32.2. The third kappa shape index (κ3) is 4.83. The Balaban J connectivity index is 1.47. The van der Waals surface area contributed by atoms with E-state index in [0.717, 1.165) is 17.2 Å². The van der Waals surface area contributed by atoms with Gasteiger partial charge in [0, 0.05) is 25.6 Å². The van der Waals surface area contributed by atoms with Crippen LogP contribution in [0.4, 0.5) is 18.9 Å². The fourth-order valence-corrected chi connectivity index (χ4v) is 5.21. The van der Waals surface area contributed by atoms with Crippen LogP contribution in [0.3, 0.4) is 0 Å². The van der Waals surface area contributed by atoms with Gasteiger partial charge in [0.2, 0.25) is 21.8 Å². The van der Waals surface area contributed by atoms with Crippen LogP contribution in [0, 0.1) is 0 Å². The van der Waals surface area contributed by atoms with Gasteiger partial charge in [0.15, 0.2) is 5.69 Å². The Morgan fingerprint density at radius 1 is 1.03 bits per heavy atom. The molecule has 2 aliphatic heterocycles. The van der Waals surface area contributed by atoms with Crippen molar-refractivity contribution in [3.05, 3.63) is 42.2 Å². The van der Waals surface area contributed by atoms with Gasteiger partial charge >= 0.3 is 12.2 Å². The summed E-state index contributed by atoms with van der Waals surface area (Å²) in [5.74, 6) is -0.688. The summed E-state index contributed by atoms with van der Waals surface area (Å²) in [5.41, 5.74) is -0.856. The monoisotopic (exact) mass is 484 g/mol. The third-order valence-electron chi connectivity index (χ3n) is 5.32. The topological polar surface area (TPSA) is 110 Å². The van der Waals surface area contributed by atoms with E-state index in [1.165, 1.54) is 28.6 Å². The summed E-state index contributed by atoms with van der Waals surface area (Å²) in [4.78, 5) is 31.8. The highest BCUT2D eigenvalue weighted by molar-refractivity contribution is 7.89. The highest BCUT2D eigenvalue weighted by Gasteiger charge is 2.35. The molecule has 33 heavy (non-hydrogen) atoms. The van der Waals surface area contributed by atoms with Crippen LogP contribution in [-0.4, -0.2) is 53.7 Å². The van der Waals surface area contributed by atoms with E-state index in [-0.39, 0.29) is 42.6 Å². The first-order valence-electron chi connectivity index (χ1n) is 10.1. The van der Waals surface area contributed by atoms with Crippen molar-refractivity contribution in [2.24, 2.45) is 0 Å². The summed E-state index contributed by atoms with van der Waals surface area (Å²) in [7, 11) is -3.94. The molecule has 2 fully saturated rings. The minimum Gasteiger partial charge on any atom is -0.459 e. The number of carbonyl (C=O) groups is 2. The van der Waals surface area contributed by atoms with Crippen LogP contribution in [0.25, 0.3) is 0 Å². The van der Waals surface area contributed by atoms with Crippen molar-refractivity contribution in [2.75, 3.05) is 18.0 Å². The zero-order chi connectivity index (χ0) is 23.8. The number of ether oxygens (including phenoxy) is 1. The van der Waals surface area contributed by atoms with Gasteiger partial charge in [-0.1, -0.05) is 0 Å². The minimum atomic E-state index is -4.65. The predicted octanol–water partition coefficient (Wildman–Crippen LogP) is 2.38. The first-order chi connectivity index (χ1) is 15.6. The van der Waals surface area contributed by atoms with Crippen molar-refractivity contribution in [1.82, 2.24) is 14.3 Å². The zero-order valence-electron chi connectivity index (χ0n) is 17.2. The van der Waals surface area contributed by atoms with Crippen LogP contribution < -0.4 is 9.64 Å². The molecule has 0 bridgehead atoms. The first kappa shape index (κ1) is 23.1. The standard InChI is InChI=1S/C20H19F3N4O5S/c21-20(22,23)16-9-10-24-19(25-16)32-14-2-1-11-26(12-14)33(30,31)15-5-3-13(4-6-15)27-17(28)7-8-18(27)29/h3-6,9-10,14H,1-2,7-8,11-12H2. The molecule has 9 nitrogen and oxygen atoms in total. The largest absolute Gasteiger partial charge is 0.459 e. The van der Waals surface area contributed by atoms with Gasteiger partial charge in [-0.05, 0) is 43.2 Å². The molecule has 13 heteroatoms. The number of alkyl halides is 3. The maximum absolute atomic E-state index is 13.1. The number of hydrogen-bond acceptors (Lipinski definition) is 7. The average molecular weight is 484 g/mol. The second-order valence-corrected chi connectivity index (χ2v) is 9.52. The average Bonchev–Trinajstić information content (AvgIpc) is 3.11. The number of carbonyl (C=O) groups excluding carboxylic acids is 2. The van der Waals surface area contributed by atoms with Crippen LogP contribution in [0.15, 0.2) is 41.4 Å². The fourth-order valence-electron chi connectivity index (χ4n) is 3.70. The van der Waals surface area contributed by atoms with Gasteiger partial charge < -0.3 is 4.74 Å². The molecule has 2 aromatic rings. The number of piperidine rings is 1. The van der Waals surface area contributed by atoms with Gasteiger partial charge in [-0.3, -0.25) is 14.5 Å². The smallest absolute Gasteiger partial charge is 0.433 e. The number of amides is 2. The van der Waals surface area contributed by atoms with Gasteiger partial charge in [-0.2, -0.15) is 22.5 Å². The Morgan fingerprint density at radius 3 is 2.33 bits per heavy atom. The SMILES string of the molecule is O=C1CCC(=O)N1c1ccc(S(=O)(=O)N2CCCC(Oc3nccc(C(F)(F)F)n3)C2)cc1. The van der Waals surface area contributed by atoms with E-state index in [1.807, 2.05) is 0 Å². The van der Waals surface area contributed by atoms with E-state index in [4.69, 9.17) is 4.74 Å². The van der Waals surface area contributed by atoms with Gasteiger partial charge in [-0.25, -0.2) is 13.4 Å². The number of benzene rings is 1. The molecule has 176 valence electrons. The molecule has 1 atom stereocenters. The normalized spacial score (nSPS) is 20.3. The summed E-state index contributed by atoms with van der Waals surface area (Å²) in [6, 6.07) is 5.65. The predicted molar refractivity (Wildman–Crippen MR) is 108 cm³/mol. The lowest BCUT2D eigenvalue weighted by molar-refractivity contribution is -0.141. The molecule has 1 aromatic heterocycles. The molecule has 0 spiro atoms. The van der Waals surface area contributed by atoms with Crippen LogP contribution >= 0.6 is 0 Å². The number of nitrogens with zero attached hydrogens (tertiary/aromatic N) is 4. The van der Waals surface area contributed by atoms with Crippen LogP contribution in [0.2, 0.25) is 0 Å². The molecular formula is C20H19F3N4O5S. The molecule has 0 N–H and O–H groups in total. The van der Waals surface area contributed by atoms with Crippen LogP contribution in [0.1, 0.15) is 31.4 Å². The van der Waals surface area contributed by atoms with Crippen molar-refractivity contribution in [3.8, 4) is 6.01 Å². The lowest BCUT2D eigenvalue weighted by atomic mass is 10.1. The molecule has 1 unspecified atom stereocenters. The molecule has 3 heterocycles. The Bertz CT molecular complexity index is 1150. The maximum Gasteiger partial charge on any atom is 0.433 e. The minimum absolute atomic E-state index is 0.0405. The number of hydrogen-bond donors (Lipinski definition) is 0.